The van der Waals surface area contributed by atoms with Crippen LogP contribution in [0.15, 0.2) is 48.8 Å². The van der Waals surface area contributed by atoms with Gasteiger partial charge >= 0.3 is 0 Å². The normalized spacial score (nSPS) is 10.4. The first-order valence-electron chi connectivity index (χ1n) is 9.15. The van der Waals surface area contributed by atoms with Gasteiger partial charge in [-0.25, -0.2) is 15.0 Å². The van der Waals surface area contributed by atoms with Crippen LogP contribution in [0, 0.1) is 6.92 Å². The molecule has 0 atom stereocenters. The lowest BCUT2D eigenvalue weighted by Crippen LogP contribution is -2.23. The maximum Gasteiger partial charge on any atom is 0.251 e. The maximum absolute atomic E-state index is 12.3. The van der Waals surface area contributed by atoms with Crippen molar-refractivity contribution in [1.82, 2.24) is 20.3 Å². The Bertz CT molecular complexity index is 975. The average Bonchev–Trinajstić information content (AvgIpc) is 2.74. The number of anilines is 1. The van der Waals surface area contributed by atoms with Crippen LogP contribution < -0.4 is 15.4 Å². The summed E-state index contributed by atoms with van der Waals surface area (Å²) in [5.41, 5.74) is 2.88. The van der Waals surface area contributed by atoms with Crippen molar-refractivity contribution in [3.8, 4) is 22.9 Å². The largest absolute Gasteiger partial charge is 0.438 e. The van der Waals surface area contributed by atoms with Crippen molar-refractivity contribution in [1.29, 1.82) is 0 Å². The minimum Gasteiger partial charge on any atom is -0.438 e. The van der Waals surface area contributed by atoms with E-state index in [1.165, 1.54) is 0 Å². The summed E-state index contributed by atoms with van der Waals surface area (Å²) < 4.78 is 6.09. The summed E-state index contributed by atoms with van der Waals surface area (Å²) in [6, 6.07) is 10.9. The Kier molecular flexibility index (Phi) is 6.16. The van der Waals surface area contributed by atoms with E-state index in [9.17, 15) is 4.79 Å². The summed E-state index contributed by atoms with van der Waals surface area (Å²) in [5, 5.41) is 5.80. The molecular formula is C21H23N5O2. The lowest BCUT2D eigenvalue weighted by atomic mass is 10.1. The van der Waals surface area contributed by atoms with Gasteiger partial charge in [-0.05, 0) is 49.2 Å². The van der Waals surface area contributed by atoms with Crippen molar-refractivity contribution in [2.24, 2.45) is 0 Å². The number of aryl methyl sites for hydroxylation is 1. The van der Waals surface area contributed by atoms with E-state index in [-0.39, 0.29) is 5.91 Å². The standard InChI is InChI=1S/C21H23N5O2/c1-4-10-23-19(27)15-8-7-14(2)18(13-15)28-20-16(6-5-11-24-20)17-9-12-25-21(22-3)26-17/h5-9,11-13H,4,10H2,1-3H3,(H,23,27)(H,22,25,26). The van der Waals surface area contributed by atoms with Gasteiger partial charge in [-0.2, -0.15) is 0 Å². The van der Waals surface area contributed by atoms with Gasteiger partial charge in [0, 0.05) is 31.5 Å². The summed E-state index contributed by atoms with van der Waals surface area (Å²) in [5.74, 6) is 1.38. The summed E-state index contributed by atoms with van der Waals surface area (Å²) >= 11 is 0. The van der Waals surface area contributed by atoms with Gasteiger partial charge in [-0.1, -0.05) is 13.0 Å². The predicted octanol–water partition coefficient (Wildman–Crippen LogP) is 3.82. The number of rotatable bonds is 7. The predicted molar refractivity (Wildman–Crippen MR) is 109 cm³/mol. The number of nitrogens with zero attached hydrogens (tertiary/aromatic N) is 3. The molecule has 0 aliphatic carbocycles. The second-order valence-corrected chi connectivity index (χ2v) is 6.21. The van der Waals surface area contributed by atoms with Crippen LogP contribution in [-0.2, 0) is 0 Å². The second kappa shape index (κ2) is 8.94. The van der Waals surface area contributed by atoms with Crippen LogP contribution in [0.3, 0.4) is 0 Å². The molecule has 0 spiro atoms. The molecule has 7 heteroatoms. The van der Waals surface area contributed by atoms with Gasteiger partial charge in [-0.3, -0.25) is 4.79 Å². The van der Waals surface area contributed by atoms with Crippen molar-refractivity contribution in [3.05, 3.63) is 59.9 Å². The van der Waals surface area contributed by atoms with Gasteiger partial charge in [0.05, 0.1) is 11.3 Å². The summed E-state index contributed by atoms with van der Waals surface area (Å²) in [6.45, 7) is 4.57. The number of hydrogen-bond donors (Lipinski definition) is 2. The molecule has 2 heterocycles. The van der Waals surface area contributed by atoms with Gasteiger partial charge in [0.2, 0.25) is 11.8 Å². The quantitative estimate of drug-likeness (QED) is 0.651. The fourth-order valence-electron chi connectivity index (χ4n) is 2.59. The Morgan fingerprint density at radius 3 is 2.79 bits per heavy atom. The molecule has 0 bridgehead atoms. The first-order valence-corrected chi connectivity index (χ1v) is 9.15. The molecular weight excluding hydrogens is 354 g/mol. The molecule has 0 aliphatic heterocycles. The van der Waals surface area contributed by atoms with Gasteiger partial charge in [-0.15, -0.1) is 0 Å². The molecule has 2 aromatic heterocycles. The van der Waals surface area contributed by atoms with Gasteiger partial charge in [0.15, 0.2) is 0 Å². The molecule has 3 aromatic rings. The molecule has 0 aliphatic rings. The zero-order valence-corrected chi connectivity index (χ0v) is 16.2. The number of carbonyl (C=O) groups excluding carboxylic acids is 1. The number of hydrogen-bond acceptors (Lipinski definition) is 6. The van der Waals surface area contributed by atoms with Crippen molar-refractivity contribution < 1.29 is 9.53 Å². The van der Waals surface area contributed by atoms with Gasteiger partial charge < -0.3 is 15.4 Å². The zero-order chi connectivity index (χ0) is 19.9. The molecule has 28 heavy (non-hydrogen) atoms. The van der Waals surface area contributed by atoms with E-state index in [0.717, 1.165) is 17.5 Å². The van der Waals surface area contributed by atoms with E-state index in [2.05, 4.69) is 25.6 Å². The van der Waals surface area contributed by atoms with Crippen LogP contribution >= 0.6 is 0 Å². The van der Waals surface area contributed by atoms with Crippen LogP contribution in [0.1, 0.15) is 29.3 Å². The topological polar surface area (TPSA) is 89.0 Å². The zero-order valence-electron chi connectivity index (χ0n) is 16.2. The lowest BCUT2D eigenvalue weighted by molar-refractivity contribution is 0.0953. The van der Waals surface area contributed by atoms with Crippen LogP contribution in [0.4, 0.5) is 5.95 Å². The number of pyridine rings is 1. The summed E-state index contributed by atoms with van der Waals surface area (Å²) in [6.07, 6.45) is 4.22. The van der Waals surface area contributed by atoms with E-state index < -0.39 is 0 Å². The fraction of sp³-hybridized carbons (Fsp3) is 0.238. The first-order chi connectivity index (χ1) is 13.6. The molecule has 0 saturated heterocycles. The molecule has 1 amide bonds. The third kappa shape index (κ3) is 4.43. The van der Waals surface area contributed by atoms with Crippen molar-refractivity contribution in [2.75, 3.05) is 18.9 Å². The molecule has 2 N–H and O–H groups in total. The molecule has 3 rings (SSSR count). The Morgan fingerprint density at radius 1 is 1.14 bits per heavy atom. The molecule has 0 fully saturated rings. The lowest BCUT2D eigenvalue weighted by Gasteiger charge is -2.13. The first kappa shape index (κ1) is 19.3. The van der Waals surface area contributed by atoms with Crippen LogP contribution in [-0.4, -0.2) is 34.5 Å². The Balaban J connectivity index is 1.93. The highest BCUT2D eigenvalue weighted by Gasteiger charge is 2.14. The number of amides is 1. The second-order valence-electron chi connectivity index (χ2n) is 6.21. The number of carbonyl (C=O) groups is 1. The molecule has 1 aromatic carbocycles. The third-order valence-electron chi connectivity index (χ3n) is 4.12. The molecule has 0 unspecified atom stereocenters. The van der Waals surface area contributed by atoms with E-state index >= 15 is 0 Å². The smallest absolute Gasteiger partial charge is 0.251 e. The number of benzene rings is 1. The minimum absolute atomic E-state index is 0.123. The van der Waals surface area contributed by atoms with Crippen LogP contribution in [0.2, 0.25) is 0 Å². The van der Waals surface area contributed by atoms with E-state index in [0.29, 0.717) is 35.4 Å². The Morgan fingerprint density at radius 2 is 2.00 bits per heavy atom. The van der Waals surface area contributed by atoms with Crippen molar-refractivity contribution in [2.45, 2.75) is 20.3 Å². The molecule has 0 saturated carbocycles. The molecule has 0 radical (unpaired) electrons. The Labute approximate surface area is 164 Å². The summed E-state index contributed by atoms with van der Waals surface area (Å²) in [7, 11) is 1.76. The van der Waals surface area contributed by atoms with E-state index in [1.54, 1.807) is 37.6 Å². The number of ether oxygens (including phenoxy) is 1. The molecule has 144 valence electrons. The highest BCUT2D eigenvalue weighted by molar-refractivity contribution is 5.94. The monoisotopic (exact) mass is 377 g/mol. The Hall–Kier alpha value is -3.48. The highest BCUT2D eigenvalue weighted by atomic mass is 16.5. The maximum atomic E-state index is 12.3. The van der Waals surface area contributed by atoms with Gasteiger partial charge in [0.1, 0.15) is 5.75 Å². The minimum atomic E-state index is -0.123. The van der Waals surface area contributed by atoms with Crippen LogP contribution in [0.25, 0.3) is 11.3 Å². The molecule has 7 nitrogen and oxygen atoms in total. The van der Waals surface area contributed by atoms with Crippen LogP contribution in [0.5, 0.6) is 11.6 Å². The van der Waals surface area contributed by atoms with Crippen molar-refractivity contribution in [3.63, 3.8) is 0 Å². The van der Waals surface area contributed by atoms with Gasteiger partial charge in [0.25, 0.3) is 5.91 Å². The highest BCUT2D eigenvalue weighted by Crippen LogP contribution is 2.32. The number of aromatic nitrogens is 3. The van der Waals surface area contributed by atoms with E-state index in [1.807, 2.05) is 32.0 Å². The van der Waals surface area contributed by atoms with E-state index in [4.69, 9.17) is 4.74 Å². The summed E-state index contributed by atoms with van der Waals surface area (Å²) in [4.78, 5) is 25.2. The number of nitrogens with one attached hydrogen (secondary N) is 2. The SMILES string of the molecule is CCCNC(=O)c1ccc(C)c(Oc2ncccc2-c2ccnc(NC)n2)c1. The van der Waals surface area contributed by atoms with Crippen molar-refractivity contribution >= 4 is 11.9 Å². The average molecular weight is 377 g/mol. The fourth-order valence-corrected chi connectivity index (χ4v) is 2.59. The third-order valence-corrected chi connectivity index (χ3v) is 4.12.